The quantitative estimate of drug-likeness (QED) is 0.890. The van der Waals surface area contributed by atoms with Gasteiger partial charge < -0.3 is 11.1 Å². The molecule has 3 N–H and O–H groups in total. The maximum absolute atomic E-state index is 13.5. The third-order valence-corrected chi connectivity index (χ3v) is 2.71. The van der Waals surface area contributed by atoms with E-state index in [0.29, 0.717) is 4.47 Å². The highest BCUT2D eigenvalue weighted by Gasteiger charge is 2.28. The van der Waals surface area contributed by atoms with E-state index in [-0.39, 0.29) is 5.56 Å². The highest BCUT2D eigenvalue weighted by molar-refractivity contribution is 9.10. The maximum atomic E-state index is 13.5. The molecule has 0 heterocycles. The first-order valence-electron chi connectivity index (χ1n) is 4.81. The molecule has 1 aromatic rings. The topological polar surface area (TPSA) is 72.2 Å². The standard InChI is InChI=1S/C11H12BrFN2O2/c1-11(2,10(14)17)15-9(16)7-4-3-6(12)5-8(7)13/h3-5H,1-2H3,(H2,14,17)(H,15,16). The van der Waals surface area contributed by atoms with Gasteiger partial charge >= 0.3 is 0 Å². The summed E-state index contributed by atoms with van der Waals surface area (Å²) in [5.74, 6) is -2.04. The van der Waals surface area contributed by atoms with Crippen molar-refractivity contribution in [2.75, 3.05) is 0 Å². The molecule has 0 spiro atoms. The fourth-order valence-electron chi connectivity index (χ4n) is 1.09. The molecular weight excluding hydrogens is 291 g/mol. The Kier molecular flexibility index (Phi) is 3.87. The molecule has 1 aromatic carbocycles. The van der Waals surface area contributed by atoms with Crippen LogP contribution in [0, 0.1) is 5.82 Å². The lowest BCUT2D eigenvalue weighted by molar-refractivity contribution is -0.122. The summed E-state index contributed by atoms with van der Waals surface area (Å²) in [5, 5.41) is 2.36. The molecule has 2 amide bonds. The number of benzene rings is 1. The van der Waals surface area contributed by atoms with Crippen molar-refractivity contribution in [2.45, 2.75) is 19.4 Å². The van der Waals surface area contributed by atoms with Gasteiger partial charge in [-0.05, 0) is 32.0 Å². The summed E-state index contributed by atoms with van der Waals surface area (Å²) < 4.78 is 14.0. The molecule has 0 aliphatic carbocycles. The van der Waals surface area contributed by atoms with Crippen molar-refractivity contribution in [1.82, 2.24) is 5.32 Å². The van der Waals surface area contributed by atoms with Crippen LogP contribution in [-0.4, -0.2) is 17.4 Å². The second kappa shape index (κ2) is 4.83. The van der Waals surface area contributed by atoms with Crippen LogP contribution in [0.4, 0.5) is 4.39 Å². The summed E-state index contributed by atoms with van der Waals surface area (Å²) in [5.41, 5.74) is 3.74. The third kappa shape index (κ3) is 3.26. The first-order valence-corrected chi connectivity index (χ1v) is 5.61. The van der Waals surface area contributed by atoms with E-state index < -0.39 is 23.2 Å². The largest absolute Gasteiger partial charge is 0.368 e. The number of carbonyl (C=O) groups is 2. The fourth-order valence-corrected chi connectivity index (χ4v) is 1.42. The Morgan fingerprint density at radius 1 is 1.41 bits per heavy atom. The van der Waals surface area contributed by atoms with Gasteiger partial charge in [0, 0.05) is 4.47 Å². The maximum Gasteiger partial charge on any atom is 0.255 e. The minimum atomic E-state index is -1.23. The second-order valence-corrected chi connectivity index (χ2v) is 4.98. The predicted molar refractivity (Wildman–Crippen MR) is 64.8 cm³/mol. The number of primary amides is 1. The number of nitrogens with two attached hydrogens (primary N) is 1. The van der Waals surface area contributed by atoms with E-state index in [1.807, 2.05) is 0 Å². The normalized spacial score (nSPS) is 11.1. The zero-order chi connectivity index (χ0) is 13.2. The summed E-state index contributed by atoms with van der Waals surface area (Å²) in [7, 11) is 0. The molecule has 0 bridgehead atoms. The molecule has 0 radical (unpaired) electrons. The molecule has 0 aliphatic heterocycles. The number of halogens is 2. The van der Waals surface area contributed by atoms with Crippen molar-refractivity contribution in [3.05, 3.63) is 34.1 Å². The highest BCUT2D eigenvalue weighted by atomic mass is 79.9. The summed E-state index contributed by atoms with van der Waals surface area (Å²) in [4.78, 5) is 22.8. The Morgan fingerprint density at radius 3 is 2.47 bits per heavy atom. The van der Waals surface area contributed by atoms with Crippen molar-refractivity contribution in [1.29, 1.82) is 0 Å². The van der Waals surface area contributed by atoms with Gasteiger partial charge in [-0.25, -0.2) is 4.39 Å². The predicted octanol–water partition coefficient (Wildman–Crippen LogP) is 1.58. The van der Waals surface area contributed by atoms with Crippen LogP contribution in [0.15, 0.2) is 22.7 Å². The summed E-state index contributed by atoms with van der Waals surface area (Å²) in [6.45, 7) is 2.90. The average molecular weight is 303 g/mol. The van der Waals surface area contributed by atoms with Gasteiger partial charge in [0.2, 0.25) is 5.91 Å². The van der Waals surface area contributed by atoms with Crippen molar-refractivity contribution < 1.29 is 14.0 Å². The number of nitrogens with one attached hydrogen (secondary N) is 1. The van der Waals surface area contributed by atoms with Gasteiger partial charge in [-0.2, -0.15) is 0 Å². The van der Waals surface area contributed by atoms with Crippen molar-refractivity contribution in [3.8, 4) is 0 Å². The summed E-state index contributed by atoms with van der Waals surface area (Å²) >= 11 is 3.08. The minimum absolute atomic E-state index is 0.137. The SMILES string of the molecule is CC(C)(NC(=O)c1ccc(Br)cc1F)C(N)=O. The van der Waals surface area contributed by atoms with E-state index in [2.05, 4.69) is 21.2 Å². The molecular formula is C11H12BrFN2O2. The van der Waals surface area contributed by atoms with E-state index in [4.69, 9.17) is 5.73 Å². The minimum Gasteiger partial charge on any atom is -0.368 e. The Bertz CT molecular complexity index is 475. The van der Waals surface area contributed by atoms with Gasteiger partial charge in [-0.1, -0.05) is 15.9 Å². The summed E-state index contributed by atoms with van der Waals surface area (Å²) in [6, 6.07) is 4.03. The van der Waals surface area contributed by atoms with Crippen molar-refractivity contribution in [3.63, 3.8) is 0 Å². The molecule has 0 fully saturated rings. The van der Waals surface area contributed by atoms with Gasteiger partial charge in [0.15, 0.2) is 0 Å². The van der Waals surface area contributed by atoms with Crippen LogP contribution in [0.5, 0.6) is 0 Å². The number of hydrogen-bond acceptors (Lipinski definition) is 2. The van der Waals surface area contributed by atoms with Crippen LogP contribution in [-0.2, 0) is 4.79 Å². The van der Waals surface area contributed by atoms with Gasteiger partial charge in [0.05, 0.1) is 5.56 Å². The lowest BCUT2D eigenvalue weighted by Crippen LogP contribution is -2.53. The molecule has 0 aromatic heterocycles. The van der Waals surface area contributed by atoms with Crippen LogP contribution in [0.25, 0.3) is 0 Å². The molecule has 17 heavy (non-hydrogen) atoms. The fraction of sp³-hybridized carbons (Fsp3) is 0.273. The second-order valence-electron chi connectivity index (χ2n) is 4.07. The van der Waals surface area contributed by atoms with Gasteiger partial charge in [0.1, 0.15) is 11.4 Å². The molecule has 4 nitrogen and oxygen atoms in total. The number of amides is 2. The molecule has 1 rings (SSSR count). The van der Waals surface area contributed by atoms with Gasteiger partial charge in [-0.15, -0.1) is 0 Å². The van der Waals surface area contributed by atoms with Gasteiger partial charge in [0.25, 0.3) is 5.91 Å². The molecule has 6 heteroatoms. The molecule has 92 valence electrons. The van der Waals surface area contributed by atoms with E-state index in [9.17, 15) is 14.0 Å². The van der Waals surface area contributed by atoms with E-state index in [1.54, 1.807) is 0 Å². The first-order chi connectivity index (χ1) is 7.74. The molecule has 0 saturated heterocycles. The van der Waals surface area contributed by atoms with Crippen LogP contribution in [0.1, 0.15) is 24.2 Å². The highest BCUT2D eigenvalue weighted by Crippen LogP contribution is 2.16. The third-order valence-electron chi connectivity index (χ3n) is 2.22. The van der Waals surface area contributed by atoms with E-state index in [0.717, 1.165) is 0 Å². The lowest BCUT2D eigenvalue weighted by Gasteiger charge is -2.22. The lowest BCUT2D eigenvalue weighted by atomic mass is 10.0. The van der Waals surface area contributed by atoms with Crippen LogP contribution < -0.4 is 11.1 Å². The number of rotatable bonds is 3. The van der Waals surface area contributed by atoms with Crippen molar-refractivity contribution in [2.24, 2.45) is 5.73 Å². The number of carbonyl (C=O) groups excluding carboxylic acids is 2. The van der Waals surface area contributed by atoms with Crippen LogP contribution in [0.2, 0.25) is 0 Å². The first kappa shape index (κ1) is 13.6. The average Bonchev–Trinajstić information content (AvgIpc) is 2.15. The monoisotopic (exact) mass is 302 g/mol. The zero-order valence-corrected chi connectivity index (χ0v) is 11.0. The summed E-state index contributed by atoms with van der Waals surface area (Å²) in [6.07, 6.45) is 0. The van der Waals surface area contributed by atoms with Gasteiger partial charge in [-0.3, -0.25) is 9.59 Å². The smallest absolute Gasteiger partial charge is 0.255 e. The Morgan fingerprint density at radius 2 is 2.00 bits per heavy atom. The Balaban J connectivity index is 2.95. The van der Waals surface area contributed by atoms with Crippen LogP contribution >= 0.6 is 15.9 Å². The Hall–Kier alpha value is -1.43. The molecule has 0 saturated carbocycles. The molecule has 0 unspecified atom stereocenters. The molecule has 0 aliphatic rings. The van der Waals surface area contributed by atoms with E-state index >= 15 is 0 Å². The van der Waals surface area contributed by atoms with E-state index in [1.165, 1.54) is 32.0 Å². The zero-order valence-electron chi connectivity index (χ0n) is 9.38. The van der Waals surface area contributed by atoms with Crippen LogP contribution in [0.3, 0.4) is 0 Å². The Labute approximate surface area is 107 Å². The van der Waals surface area contributed by atoms with Crippen molar-refractivity contribution >= 4 is 27.7 Å². The molecule has 0 atom stereocenters. The number of hydrogen-bond donors (Lipinski definition) is 2.